The first-order valence-corrected chi connectivity index (χ1v) is 11.0. The van der Waals surface area contributed by atoms with Crippen LogP contribution in [0.1, 0.15) is 44.5 Å². The average molecular weight is 402 g/mol. The first-order valence-electron chi connectivity index (χ1n) is 9.61. The van der Waals surface area contributed by atoms with Crippen molar-refractivity contribution in [2.75, 3.05) is 13.1 Å². The number of benzene rings is 2. The summed E-state index contributed by atoms with van der Waals surface area (Å²) in [5.74, 6) is 0.175. The quantitative estimate of drug-likeness (QED) is 0.654. The maximum absolute atomic E-state index is 14.1. The van der Waals surface area contributed by atoms with Gasteiger partial charge in [0.2, 0.25) is 10.0 Å². The maximum Gasteiger partial charge on any atom is 0.246 e. The topological polar surface area (TPSA) is 55.2 Å². The number of hydrogen-bond donors (Lipinski definition) is 0. The fourth-order valence-corrected chi connectivity index (χ4v) is 5.65. The van der Waals surface area contributed by atoms with Gasteiger partial charge in [-0.05, 0) is 51.0 Å². The number of imidazole rings is 1. The van der Waals surface area contributed by atoms with Gasteiger partial charge < -0.3 is 4.57 Å². The zero-order valence-electron chi connectivity index (χ0n) is 16.0. The minimum absolute atomic E-state index is 0.0231. The first kappa shape index (κ1) is 19.1. The van der Waals surface area contributed by atoms with Gasteiger partial charge in [0.15, 0.2) is 0 Å². The van der Waals surface area contributed by atoms with Crippen molar-refractivity contribution >= 4 is 21.1 Å². The molecule has 0 unspecified atom stereocenters. The largest absolute Gasteiger partial charge is 0.325 e. The van der Waals surface area contributed by atoms with E-state index in [0.29, 0.717) is 13.1 Å². The Bertz CT molecular complexity index is 1110. The SMILES string of the molecule is CC(C)n1c([C@H]2CCCN(S(=O)(=O)c3ccccc3F)C2)nc2ccccc21. The Hall–Kier alpha value is -2.25. The number of halogens is 1. The van der Waals surface area contributed by atoms with Crippen LogP contribution in [0.5, 0.6) is 0 Å². The van der Waals surface area contributed by atoms with E-state index in [9.17, 15) is 12.8 Å². The summed E-state index contributed by atoms with van der Waals surface area (Å²) in [6, 6.07) is 13.7. The Balaban J connectivity index is 1.71. The highest BCUT2D eigenvalue weighted by molar-refractivity contribution is 7.89. The van der Waals surface area contributed by atoms with Crippen molar-refractivity contribution in [1.29, 1.82) is 0 Å². The zero-order valence-corrected chi connectivity index (χ0v) is 16.9. The van der Waals surface area contributed by atoms with E-state index in [-0.39, 0.29) is 16.9 Å². The third-order valence-corrected chi connectivity index (χ3v) is 7.24. The van der Waals surface area contributed by atoms with Crippen LogP contribution in [0.4, 0.5) is 4.39 Å². The van der Waals surface area contributed by atoms with Crippen LogP contribution < -0.4 is 0 Å². The molecule has 4 rings (SSSR count). The summed E-state index contributed by atoms with van der Waals surface area (Å²) < 4.78 is 43.8. The highest BCUT2D eigenvalue weighted by Gasteiger charge is 2.34. The van der Waals surface area contributed by atoms with Crippen LogP contribution in [-0.2, 0) is 10.0 Å². The molecule has 3 aromatic rings. The Morgan fingerprint density at radius 2 is 1.82 bits per heavy atom. The molecule has 1 aliphatic rings. The van der Waals surface area contributed by atoms with Crippen LogP contribution in [0.15, 0.2) is 53.4 Å². The second-order valence-electron chi connectivity index (χ2n) is 7.56. The van der Waals surface area contributed by atoms with Crippen molar-refractivity contribution < 1.29 is 12.8 Å². The maximum atomic E-state index is 14.1. The minimum atomic E-state index is -3.88. The van der Waals surface area contributed by atoms with Crippen LogP contribution in [0, 0.1) is 5.82 Å². The lowest BCUT2D eigenvalue weighted by Gasteiger charge is -2.32. The summed E-state index contributed by atoms with van der Waals surface area (Å²) in [5, 5.41) is 0. The highest BCUT2D eigenvalue weighted by atomic mass is 32.2. The standard InChI is InChI=1S/C21H24FN3O2S/c1-15(2)25-19-11-5-4-10-18(19)23-21(25)16-8-7-13-24(14-16)28(26,27)20-12-6-3-9-17(20)22/h3-6,9-12,15-16H,7-8,13-14H2,1-2H3/t16-/m0/s1. The molecule has 7 heteroatoms. The first-order chi connectivity index (χ1) is 13.4. The summed E-state index contributed by atoms with van der Waals surface area (Å²) in [6.45, 7) is 4.92. The second kappa shape index (κ2) is 7.29. The van der Waals surface area contributed by atoms with Gasteiger partial charge in [0.25, 0.3) is 0 Å². The Morgan fingerprint density at radius 3 is 2.57 bits per heavy atom. The molecule has 1 aromatic heterocycles. The summed E-state index contributed by atoms with van der Waals surface area (Å²) in [4.78, 5) is 4.58. The summed E-state index contributed by atoms with van der Waals surface area (Å²) in [7, 11) is -3.88. The Morgan fingerprint density at radius 1 is 1.11 bits per heavy atom. The molecule has 1 saturated heterocycles. The number of fused-ring (bicyclic) bond motifs is 1. The predicted molar refractivity (Wildman–Crippen MR) is 107 cm³/mol. The van der Waals surface area contributed by atoms with E-state index in [2.05, 4.69) is 18.4 Å². The lowest BCUT2D eigenvalue weighted by molar-refractivity contribution is 0.302. The van der Waals surface area contributed by atoms with E-state index in [1.165, 1.54) is 22.5 Å². The van der Waals surface area contributed by atoms with E-state index in [1.54, 1.807) is 6.07 Å². The Labute approximate surface area is 164 Å². The number of aromatic nitrogens is 2. The summed E-state index contributed by atoms with van der Waals surface area (Å²) >= 11 is 0. The molecule has 1 atom stereocenters. The van der Waals surface area contributed by atoms with Crippen molar-refractivity contribution in [1.82, 2.24) is 13.9 Å². The number of nitrogens with zero attached hydrogens (tertiary/aromatic N) is 3. The fourth-order valence-electron chi connectivity index (χ4n) is 4.06. The molecule has 0 aliphatic carbocycles. The number of para-hydroxylation sites is 2. The molecule has 0 spiro atoms. The van der Waals surface area contributed by atoms with Gasteiger partial charge in [0, 0.05) is 25.0 Å². The van der Waals surface area contributed by atoms with Gasteiger partial charge >= 0.3 is 0 Å². The van der Waals surface area contributed by atoms with Crippen LogP contribution in [0.2, 0.25) is 0 Å². The summed E-state index contributed by atoms with van der Waals surface area (Å²) in [5.41, 5.74) is 1.97. The molecular weight excluding hydrogens is 377 g/mol. The molecular formula is C21H24FN3O2S. The van der Waals surface area contributed by atoms with Gasteiger partial charge in [-0.25, -0.2) is 17.8 Å². The van der Waals surface area contributed by atoms with Crippen molar-refractivity contribution in [2.24, 2.45) is 0 Å². The minimum Gasteiger partial charge on any atom is -0.325 e. The van der Waals surface area contributed by atoms with Crippen molar-refractivity contribution in [3.8, 4) is 0 Å². The molecule has 1 aliphatic heterocycles. The molecule has 0 radical (unpaired) electrons. The molecule has 0 N–H and O–H groups in total. The van der Waals surface area contributed by atoms with Crippen LogP contribution in [0.25, 0.3) is 11.0 Å². The second-order valence-corrected chi connectivity index (χ2v) is 9.46. The van der Waals surface area contributed by atoms with E-state index in [0.717, 1.165) is 29.7 Å². The molecule has 0 saturated carbocycles. The van der Waals surface area contributed by atoms with Gasteiger partial charge in [-0.15, -0.1) is 0 Å². The lowest BCUT2D eigenvalue weighted by Crippen LogP contribution is -2.40. The Kier molecular flexibility index (Phi) is 4.97. The van der Waals surface area contributed by atoms with Gasteiger partial charge in [-0.1, -0.05) is 24.3 Å². The highest BCUT2D eigenvalue weighted by Crippen LogP contribution is 2.33. The number of sulfonamides is 1. The smallest absolute Gasteiger partial charge is 0.246 e. The van der Waals surface area contributed by atoms with Gasteiger partial charge in [0.1, 0.15) is 16.5 Å². The van der Waals surface area contributed by atoms with E-state index < -0.39 is 15.8 Å². The normalized spacial score (nSPS) is 18.8. The van der Waals surface area contributed by atoms with Crippen molar-refractivity contribution in [3.05, 3.63) is 60.2 Å². The van der Waals surface area contributed by atoms with Crippen molar-refractivity contribution in [3.63, 3.8) is 0 Å². The third kappa shape index (κ3) is 3.22. The third-order valence-electron chi connectivity index (χ3n) is 5.34. The fraction of sp³-hybridized carbons (Fsp3) is 0.381. The molecule has 0 amide bonds. The van der Waals surface area contributed by atoms with E-state index in [1.807, 2.05) is 24.3 Å². The molecule has 2 aromatic carbocycles. The van der Waals surface area contributed by atoms with Crippen LogP contribution in [-0.4, -0.2) is 35.4 Å². The average Bonchev–Trinajstić information content (AvgIpc) is 3.08. The van der Waals surface area contributed by atoms with E-state index >= 15 is 0 Å². The predicted octanol–water partition coefficient (Wildman–Crippen LogP) is 4.32. The molecule has 0 bridgehead atoms. The molecule has 2 heterocycles. The molecule has 28 heavy (non-hydrogen) atoms. The number of hydrogen-bond acceptors (Lipinski definition) is 3. The van der Waals surface area contributed by atoms with Gasteiger partial charge in [-0.2, -0.15) is 4.31 Å². The van der Waals surface area contributed by atoms with Gasteiger partial charge in [0.05, 0.1) is 11.0 Å². The number of piperidine rings is 1. The van der Waals surface area contributed by atoms with Crippen LogP contribution >= 0.6 is 0 Å². The molecule has 148 valence electrons. The van der Waals surface area contributed by atoms with Gasteiger partial charge in [-0.3, -0.25) is 0 Å². The number of rotatable bonds is 4. The summed E-state index contributed by atoms with van der Waals surface area (Å²) in [6.07, 6.45) is 1.58. The van der Waals surface area contributed by atoms with E-state index in [4.69, 9.17) is 4.98 Å². The molecule has 1 fully saturated rings. The molecule has 5 nitrogen and oxygen atoms in total. The monoisotopic (exact) mass is 401 g/mol. The lowest BCUT2D eigenvalue weighted by atomic mass is 9.98. The zero-order chi connectivity index (χ0) is 19.9. The van der Waals surface area contributed by atoms with Crippen molar-refractivity contribution in [2.45, 2.75) is 43.5 Å². The van der Waals surface area contributed by atoms with Crippen LogP contribution in [0.3, 0.4) is 0 Å².